The first-order valence-electron chi connectivity index (χ1n) is 3.89. The lowest BCUT2D eigenvalue weighted by molar-refractivity contribution is 0.346. The molecule has 0 unspecified atom stereocenters. The van der Waals surface area contributed by atoms with Gasteiger partial charge in [-0.1, -0.05) is 0 Å². The Bertz CT molecular complexity index is 601. The fourth-order valence-corrected chi connectivity index (χ4v) is 1.57. The summed E-state index contributed by atoms with van der Waals surface area (Å²) in [5.74, 6) is -0.191. The topological polar surface area (TPSA) is 103 Å². The van der Waals surface area contributed by atoms with E-state index in [9.17, 15) is 8.42 Å². The Hall–Kier alpha value is -1.73. The van der Waals surface area contributed by atoms with Gasteiger partial charge >= 0.3 is 10.3 Å². The smallest absolute Gasteiger partial charge is 0.380 e. The number of rotatable bonds is 2. The van der Waals surface area contributed by atoms with Crippen LogP contribution in [-0.2, 0) is 10.3 Å². The molecule has 1 aromatic heterocycles. The third-order valence-corrected chi connectivity index (χ3v) is 2.11. The van der Waals surface area contributed by atoms with Crippen molar-refractivity contribution >= 4 is 21.3 Å². The molecule has 0 amide bonds. The molecule has 1 heterocycles. The largest absolute Gasteiger partial charge is 0.481 e. The van der Waals surface area contributed by atoms with E-state index in [1.54, 1.807) is 0 Å². The number of benzene rings is 1. The van der Waals surface area contributed by atoms with Crippen LogP contribution in [0.15, 0.2) is 28.7 Å². The highest BCUT2D eigenvalue weighted by Crippen LogP contribution is 2.27. The van der Waals surface area contributed by atoms with Gasteiger partial charge in [0.2, 0.25) is 0 Å². The van der Waals surface area contributed by atoms with Crippen molar-refractivity contribution < 1.29 is 22.1 Å². The summed E-state index contributed by atoms with van der Waals surface area (Å²) in [6.45, 7) is 0. The molecule has 15 heavy (non-hydrogen) atoms. The number of nitrogens with two attached hydrogens (primary N) is 1. The van der Waals surface area contributed by atoms with E-state index in [0.29, 0.717) is 11.0 Å². The lowest BCUT2D eigenvalue weighted by Gasteiger charge is -2.00. The molecule has 0 radical (unpaired) electrons. The van der Waals surface area contributed by atoms with Gasteiger partial charge in [0.1, 0.15) is 11.3 Å². The first-order chi connectivity index (χ1) is 6.94. The summed E-state index contributed by atoms with van der Waals surface area (Å²) in [6, 6.07) is 5.57. The zero-order valence-corrected chi connectivity index (χ0v) is 8.19. The molecule has 2 aromatic rings. The summed E-state index contributed by atoms with van der Waals surface area (Å²) in [6.07, 6.45) is 0. The predicted octanol–water partition coefficient (Wildman–Crippen LogP) is 0.721. The van der Waals surface area contributed by atoms with Crippen molar-refractivity contribution in [2.45, 2.75) is 0 Å². The average Bonchev–Trinajstić information content (AvgIpc) is 2.40. The second kappa shape index (κ2) is 3.14. The molecule has 0 saturated carbocycles. The Morgan fingerprint density at radius 2 is 2.07 bits per heavy atom. The first-order valence-corrected chi connectivity index (χ1v) is 5.36. The average molecular weight is 229 g/mol. The number of fused-ring (bicyclic) bond motifs is 1. The van der Waals surface area contributed by atoms with Crippen LogP contribution >= 0.6 is 0 Å². The van der Waals surface area contributed by atoms with E-state index in [1.165, 1.54) is 24.3 Å². The van der Waals surface area contributed by atoms with Crippen LogP contribution in [0.4, 0.5) is 0 Å². The van der Waals surface area contributed by atoms with Gasteiger partial charge in [0, 0.05) is 11.5 Å². The Kier molecular flexibility index (Phi) is 2.06. The van der Waals surface area contributed by atoms with Crippen LogP contribution < -0.4 is 9.32 Å². The quantitative estimate of drug-likeness (QED) is 0.789. The molecule has 0 spiro atoms. The molecule has 0 aliphatic heterocycles. The van der Waals surface area contributed by atoms with Gasteiger partial charge in [0.25, 0.3) is 5.95 Å². The Balaban J connectivity index is 2.47. The minimum absolute atomic E-state index is 0.0609. The monoisotopic (exact) mass is 229 g/mol. The second-order valence-electron chi connectivity index (χ2n) is 2.86. The van der Waals surface area contributed by atoms with Crippen molar-refractivity contribution in [3.05, 3.63) is 24.3 Å². The summed E-state index contributed by atoms with van der Waals surface area (Å²) in [4.78, 5) is 0. The van der Waals surface area contributed by atoms with Gasteiger partial charge in [-0.05, 0) is 18.2 Å². The molecule has 0 aliphatic carbocycles. The van der Waals surface area contributed by atoms with Crippen LogP contribution in [0.25, 0.3) is 11.0 Å². The SMILES string of the molecule is NS(=O)(=O)Oc1ccc2oc(O)cc2c1. The van der Waals surface area contributed by atoms with Gasteiger partial charge in [-0.3, -0.25) is 0 Å². The Morgan fingerprint density at radius 3 is 2.73 bits per heavy atom. The fraction of sp³-hybridized carbons (Fsp3) is 0. The van der Waals surface area contributed by atoms with E-state index < -0.39 is 10.3 Å². The van der Waals surface area contributed by atoms with Crippen molar-refractivity contribution in [1.82, 2.24) is 0 Å². The number of hydrogen-bond donors (Lipinski definition) is 2. The molecule has 80 valence electrons. The van der Waals surface area contributed by atoms with Crippen molar-refractivity contribution in [2.75, 3.05) is 0 Å². The Labute approximate surface area is 85.1 Å². The van der Waals surface area contributed by atoms with Gasteiger partial charge in [0.15, 0.2) is 0 Å². The number of aromatic hydroxyl groups is 1. The van der Waals surface area contributed by atoms with Gasteiger partial charge in [-0.15, -0.1) is 0 Å². The number of furan rings is 1. The maximum absolute atomic E-state index is 10.6. The van der Waals surface area contributed by atoms with Crippen molar-refractivity contribution in [3.8, 4) is 11.7 Å². The molecule has 3 N–H and O–H groups in total. The molecule has 0 saturated heterocycles. The minimum atomic E-state index is -4.03. The molecule has 2 rings (SSSR count). The second-order valence-corrected chi connectivity index (χ2v) is 4.01. The molecular weight excluding hydrogens is 222 g/mol. The lowest BCUT2D eigenvalue weighted by atomic mass is 10.2. The highest BCUT2D eigenvalue weighted by Gasteiger charge is 2.08. The number of hydrogen-bond acceptors (Lipinski definition) is 5. The predicted molar refractivity (Wildman–Crippen MR) is 51.6 cm³/mol. The van der Waals surface area contributed by atoms with Gasteiger partial charge in [-0.25, -0.2) is 0 Å². The maximum Gasteiger partial charge on any atom is 0.380 e. The molecule has 0 atom stereocenters. The van der Waals surface area contributed by atoms with Gasteiger partial charge in [0.05, 0.1) is 0 Å². The van der Waals surface area contributed by atoms with Gasteiger partial charge in [-0.2, -0.15) is 13.6 Å². The summed E-state index contributed by atoms with van der Waals surface area (Å²) in [7, 11) is -4.03. The molecule has 7 heteroatoms. The molecule has 1 aromatic carbocycles. The van der Waals surface area contributed by atoms with Crippen molar-refractivity contribution in [2.24, 2.45) is 5.14 Å². The van der Waals surface area contributed by atoms with E-state index >= 15 is 0 Å². The molecule has 6 nitrogen and oxygen atoms in total. The normalized spacial score (nSPS) is 11.8. The highest BCUT2D eigenvalue weighted by atomic mass is 32.2. The van der Waals surface area contributed by atoms with Gasteiger partial charge < -0.3 is 13.7 Å². The summed E-state index contributed by atoms with van der Waals surface area (Å²) in [5.41, 5.74) is 0.425. The third-order valence-electron chi connectivity index (χ3n) is 1.69. The van der Waals surface area contributed by atoms with Crippen LogP contribution in [0.3, 0.4) is 0 Å². The van der Waals surface area contributed by atoms with Crippen LogP contribution in [0, 0.1) is 0 Å². The standard InChI is InChI=1S/C8H7NO5S/c9-15(11,12)14-6-1-2-7-5(3-6)4-8(10)13-7/h1-4,10H,(H2,9,11,12). The molecule has 0 aliphatic rings. The summed E-state index contributed by atoms with van der Waals surface area (Å²) >= 11 is 0. The van der Waals surface area contributed by atoms with Crippen LogP contribution in [0.5, 0.6) is 11.7 Å². The zero-order chi connectivity index (χ0) is 11.1. The van der Waals surface area contributed by atoms with Crippen molar-refractivity contribution in [1.29, 1.82) is 0 Å². The minimum Gasteiger partial charge on any atom is -0.481 e. The Morgan fingerprint density at radius 1 is 1.33 bits per heavy atom. The van der Waals surface area contributed by atoms with Crippen molar-refractivity contribution in [3.63, 3.8) is 0 Å². The lowest BCUT2D eigenvalue weighted by Crippen LogP contribution is -2.18. The molecule has 0 fully saturated rings. The van der Waals surface area contributed by atoms with Crippen LogP contribution in [0.1, 0.15) is 0 Å². The summed E-state index contributed by atoms with van der Waals surface area (Å²) < 4.78 is 30.6. The van der Waals surface area contributed by atoms with E-state index in [-0.39, 0.29) is 11.7 Å². The fourth-order valence-electron chi connectivity index (χ4n) is 1.19. The maximum atomic E-state index is 10.6. The molecule has 0 bridgehead atoms. The van der Waals surface area contributed by atoms with E-state index in [1.807, 2.05) is 0 Å². The highest BCUT2D eigenvalue weighted by molar-refractivity contribution is 7.84. The van der Waals surface area contributed by atoms with Crippen LogP contribution in [0.2, 0.25) is 0 Å². The van der Waals surface area contributed by atoms with Crippen LogP contribution in [-0.4, -0.2) is 13.5 Å². The van der Waals surface area contributed by atoms with E-state index in [2.05, 4.69) is 4.18 Å². The van der Waals surface area contributed by atoms with E-state index in [4.69, 9.17) is 14.7 Å². The summed E-state index contributed by atoms with van der Waals surface area (Å²) in [5, 5.41) is 14.2. The first kappa shape index (κ1) is 9.81. The van der Waals surface area contributed by atoms with E-state index in [0.717, 1.165) is 0 Å². The third kappa shape index (κ3) is 2.20. The zero-order valence-electron chi connectivity index (χ0n) is 7.38. The molecular formula is C8H7NO5S.